The third kappa shape index (κ3) is 4.70. The maximum atomic E-state index is 12.5. The predicted molar refractivity (Wildman–Crippen MR) is 122 cm³/mol. The number of carbonyl (C=O) groups is 1. The van der Waals surface area contributed by atoms with Crippen LogP contribution in [0.4, 0.5) is 5.82 Å². The van der Waals surface area contributed by atoms with Crippen LogP contribution in [-0.4, -0.2) is 39.7 Å². The molecule has 0 aliphatic heterocycles. The van der Waals surface area contributed by atoms with Crippen LogP contribution < -0.4 is 14.8 Å². The zero-order valence-electron chi connectivity index (χ0n) is 17.8. The van der Waals surface area contributed by atoms with Gasteiger partial charge in [-0.05, 0) is 24.3 Å². The van der Waals surface area contributed by atoms with E-state index in [0.717, 1.165) is 16.8 Å². The Morgan fingerprint density at radius 1 is 1.03 bits per heavy atom. The monoisotopic (exact) mass is 429 g/mol. The van der Waals surface area contributed by atoms with Gasteiger partial charge in [-0.15, -0.1) is 0 Å². The first-order valence-electron chi connectivity index (χ1n) is 9.99. The molecule has 0 fully saturated rings. The van der Waals surface area contributed by atoms with Crippen LogP contribution in [0, 0.1) is 0 Å². The third-order valence-electron chi connectivity index (χ3n) is 4.82. The molecular formula is C24H23N5O3. The highest BCUT2D eigenvalue weighted by atomic mass is 16.5. The van der Waals surface area contributed by atoms with E-state index in [1.807, 2.05) is 54.7 Å². The number of benzene rings is 2. The van der Waals surface area contributed by atoms with Crippen LogP contribution in [0.3, 0.4) is 0 Å². The highest BCUT2D eigenvalue weighted by Crippen LogP contribution is 2.31. The lowest BCUT2D eigenvalue weighted by atomic mass is 10.2. The number of hydrogen-bond donors (Lipinski definition) is 1. The molecule has 0 aliphatic carbocycles. The minimum absolute atomic E-state index is 0.267. The third-order valence-corrected chi connectivity index (χ3v) is 4.82. The number of hydrogen-bond acceptors (Lipinski definition) is 5. The van der Waals surface area contributed by atoms with Crippen molar-refractivity contribution in [1.82, 2.24) is 19.6 Å². The van der Waals surface area contributed by atoms with Gasteiger partial charge < -0.3 is 14.8 Å². The number of nitrogens with zero attached hydrogens (tertiary/aromatic N) is 4. The minimum Gasteiger partial charge on any atom is -0.493 e. The van der Waals surface area contributed by atoms with Gasteiger partial charge in [0, 0.05) is 29.5 Å². The van der Waals surface area contributed by atoms with Crippen molar-refractivity contribution in [3.05, 3.63) is 90.4 Å². The van der Waals surface area contributed by atoms with E-state index in [4.69, 9.17) is 9.47 Å². The SMILES string of the molecule is COc1cccc(Cn2nccc2NC(=O)/C=C/c2cnn(-c3ccccc3)c2)c1OC. The summed E-state index contributed by atoms with van der Waals surface area (Å²) in [5, 5.41) is 11.5. The van der Waals surface area contributed by atoms with Crippen molar-refractivity contribution >= 4 is 17.8 Å². The Balaban J connectivity index is 1.44. The number of rotatable bonds is 8. The van der Waals surface area contributed by atoms with E-state index in [9.17, 15) is 4.79 Å². The Morgan fingerprint density at radius 3 is 2.66 bits per heavy atom. The largest absolute Gasteiger partial charge is 0.493 e. The first-order chi connectivity index (χ1) is 15.7. The summed E-state index contributed by atoms with van der Waals surface area (Å²) in [5.74, 6) is 1.58. The average Bonchev–Trinajstić information content (AvgIpc) is 3.48. The molecule has 0 unspecified atom stereocenters. The molecule has 4 rings (SSSR count). The second-order valence-electron chi connectivity index (χ2n) is 6.90. The number of anilines is 1. The van der Waals surface area contributed by atoms with Gasteiger partial charge in [0.1, 0.15) is 5.82 Å². The van der Waals surface area contributed by atoms with Crippen molar-refractivity contribution < 1.29 is 14.3 Å². The van der Waals surface area contributed by atoms with E-state index in [0.29, 0.717) is 23.9 Å². The Labute approximate surface area is 185 Å². The fourth-order valence-electron chi connectivity index (χ4n) is 3.29. The molecule has 0 saturated heterocycles. The second-order valence-corrected chi connectivity index (χ2v) is 6.90. The van der Waals surface area contributed by atoms with Crippen LogP contribution in [0.2, 0.25) is 0 Å². The molecule has 4 aromatic rings. The lowest BCUT2D eigenvalue weighted by molar-refractivity contribution is -0.111. The summed E-state index contributed by atoms with van der Waals surface area (Å²) in [7, 11) is 3.19. The normalized spacial score (nSPS) is 10.9. The molecule has 0 aliphatic rings. The van der Waals surface area contributed by atoms with Gasteiger partial charge in [-0.25, -0.2) is 9.36 Å². The standard InChI is InChI=1S/C24H23N5O3/c1-31-21-10-6-7-19(24(21)32-2)17-29-22(13-14-25-29)27-23(30)12-11-18-15-26-28(16-18)20-8-4-3-5-9-20/h3-16H,17H2,1-2H3,(H,27,30)/b12-11+. The minimum atomic E-state index is -0.267. The average molecular weight is 429 g/mol. The number of ether oxygens (including phenoxy) is 2. The smallest absolute Gasteiger partial charge is 0.249 e. The highest BCUT2D eigenvalue weighted by Gasteiger charge is 2.12. The zero-order valence-corrected chi connectivity index (χ0v) is 17.8. The van der Waals surface area contributed by atoms with E-state index in [1.165, 1.54) is 6.08 Å². The molecule has 0 bridgehead atoms. The molecular weight excluding hydrogens is 406 g/mol. The van der Waals surface area contributed by atoms with Crippen LogP contribution in [0.15, 0.2) is 79.3 Å². The van der Waals surface area contributed by atoms with Gasteiger partial charge in [0.15, 0.2) is 11.5 Å². The molecule has 0 spiro atoms. The summed E-state index contributed by atoms with van der Waals surface area (Å²) >= 11 is 0. The van der Waals surface area contributed by atoms with E-state index < -0.39 is 0 Å². The Bertz CT molecular complexity index is 1230. The summed E-state index contributed by atoms with van der Waals surface area (Å²) in [6.45, 7) is 0.413. The van der Waals surface area contributed by atoms with Crippen LogP contribution in [0.1, 0.15) is 11.1 Å². The summed E-state index contributed by atoms with van der Waals surface area (Å²) in [6.07, 6.45) is 8.38. The lowest BCUT2D eigenvalue weighted by Crippen LogP contribution is -2.14. The summed E-state index contributed by atoms with van der Waals surface area (Å²) in [6, 6.07) is 17.2. The highest BCUT2D eigenvalue weighted by molar-refractivity contribution is 6.01. The number of aromatic nitrogens is 4. The molecule has 2 aromatic carbocycles. The first kappa shape index (κ1) is 20.9. The van der Waals surface area contributed by atoms with E-state index >= 15 is 0 Å². The van der Waals surface area contributed by atoms with Gasteiger partial charge in [0.25, 0.3) is 0 Å². The van der Waals surface area contributed by atoms with Crippen molar-refractivity contribution in [3.8, 4) is 17.2 Å². The molecule has 0 radical (unpaired) electrons. The number of methoxy groups -OCH3 is 2. The van der Waals surface area contributed by atoms with Gasteiger partial charge >= 0.3 is 0 Å². The number of nitrogens with one attached hydrogen (secondary N) is 1. The molecule has 8 nitrogen and oxygen atoms in total. The quantitative estimate of drug-likeness (QED) is 0.431. The lowest BCUT2D eigenvalue weighted by Gasteiger charge is -2.14. The zero-order chi connectivity index (χ0) is 22.3. The number of carbonyl (C=O) groups excluding carboxylic acids is 1. The van der Waals surface area contributed by atoms with Crippen molar-refractivity contribution in [3.63, 3.8) is 0 Å². The Kier molecular flexibility index (Phi) is 6.31. The van der Waals surface area contributed by atoms with Crippen molar-refractivity contribution in [2.45, 2.75) is 6.54 Å². The summed E-state index contributed by atoms with van der Waals surface area (Å²) < 4.78 is 14.3. The van der Waals surface area contributed by atoms with Gasteiger partial charge in [0.2, 0.25) is 5.91 Å². The maximum Gasteiger partial charge on any atom is 0.249 e. The van der Waals surface area contributed by atoms with E-state index in [1.54, 1.807) is 48.1 Å². The van der Waals surface area contributed by atoms with Crippen molar-refractivity contribution in [2.75, 3.05) is 19.5 Å². The van der Waals surface area contributed by atoms with Gasteiger partial charge in [-0.2, -0.15) is 10.2 Å². The Hall–Kier alpha value is -4.33. The van der Waals surface area contributed by atoms with Crippen molar-refractivity contribution in [2.24, 2.45) is 0 Å². The number of amides is 1. The van der Waals surface area contributed by atoms with Crippen molar-refractivity contribution in [1.29, 1.82) is 0 Å². The summed E-state index contributed by atoms with van der Waals surface area (Å²) in [4.78, 5) is 12.5. The molecule has 1 N–H and O–H groups in total. The van der Waals surface area contributed by atoms with Gasteiger partial charge in [0.05, 0.1) is 38.8 Å². The molecule has 2 heterocycles. The molecule has 8 heteroatoms. The molecule has 162 valence electrons. The number of para-hydroxylation sites is 2. The van der Waals surface area contributed by atoms with Crippen LogP contribution in [0.5, 0.6) is 11.5 Å². The molecule has 2 aromatic heterocycles. The second kappa shape index (κ2) is 9.65. The molecule has 0 atom stereocenters. The van der Waals surface area contributed by atoms with Crippen LogP contribution >= 0.6 is 0 Å². The summed E-state index contributed by atoms with van der Waals surface area (Å²) in [5.41, 5.74) is 2.65. The Morgan fingerprint density at radius 2 is 1.88 bits per heavy atom. The van der Waals surface area contributed by atoms with Gasteiger partial charge in [-0.3, -0.25) is 4.79 Å². The van der Waals surface area contributed by atoms with Crippen LogP contribution in [0.25, 0.3) is 11.8 Å². The van der Waals surface area contributed by atoms with E-state index in [2.05, 4.69) is 15.5 Å². The molecule has 1 amide bonds. The topological polar surface area (TPSA) is 83.2 Å². The van der Waals surface area contributed by atoms with Gasteiger partial charge in [-0.1, -0.05) is 30.3 Å². The maximum absolute atomic E-state index is 12.5. The van der Waals surface area contributed by atoms with Crippen LogP contribution in [-0.2, 0) is 11.3 Å². The predicted octanol–water partition coefficient (Wildman–Crippen LogP) is 3.79. The first-order valence-corrected chi connectivity index (χ1v) is 9.99. The molecule has 32 heavy (non-hydrogen) atoms. The molecule has 0 saturated carbocycles. The fraction of sp³-hybridized carbons (Fsp3) is 0.125. The fourth-order valence-corrected chi connectivity index (χ4v) is 3.29. The van der Waals surface area contributed by atoms with E-state index in [-0.39, 0.29) is 5.91 Å².